The van der Waals surface area contributed by atoms with E-state index in [2.05, 4.69) is 47.5 Å². The van der Waals surface area contributed by atoms with Gasteiger partial charge in [0.2, 0.25) is 6.08 Å². The second-order valence-corrected chi connectivity index (χ2v) is 14.1. The molecular formula is C23H30Br2N4O6S2. The molecule has 37 heavy (non-hydrogen) atoms. The first-order valence-electron chi connectivity index (χ1n) is 10.8. The SMILES string of the molecule is C.O=C(Nc1ccc(Br)cc1)N1CCS(=O)(=O)CC1.O=C=Nc1ccc(Br)cc1.O=S1(=O)CCNCC1. The third-order valence-corrected chi connectivity index (χ3v) is 9.23. The molecule has 0 aromatic heterocycles. The lowest BCUT2D eigenvalue weighted by Crippen LogP contribution is -2.45. The quantitative estimate of drug-likeness (QED) is 0.363. The topological polar surface area (TPSA) is 142 Å². The summed E-state index contributed by atoms with van der Waals surface area (Å²) in [5, 5.41) is 5.70. The summed E-state index contributed by atoms with van der Waals surface area (Å²) in [6.07, 6.45) is 1.46. The summed E-state index contributed by atoms with van der Waals surface area (Å²) >= 11 is 6.57. The molecule has 0 spiro atoms. The number of urea groups is 1. The van der Waals surface area contributed by atoms with Gasteiger partial charge in [-0.25, -0.2) is 26.4 Å². The van der Waals surface area contributed by atoms with Gasteiger partial charge in [0.05, 0.1) is 28.7 Å². The molecule has 0 atom stereocenters. The van der Waals surface area contributed by atoms with Crippen LogP contribution in [0.15, 0.2) is 62.5 Å². The zero-order valence-electron chi connectivity index (χ0n) is 19.2. The van der Waals surface area contributed by atoms with Crippen LogP contribution in [-0.4, -0.2) is 83.0 Å². The highest BCUT2D eigenvalue weighted by Crippen LogP contribution is 2.16. The number of isocyanates is 1. The zero-order chi connectivity index (χ0) is 26.6. The van der Waals surface area contributed by atoms with Crippen LogP contribution in [0.2, 0.25) is 0 Å². The number of benzene rings is 2. The van der Waals surface area contributed by atoms with E-state index in [0.29, 0.717) is 36.0 Å². The number of nitrogens with one attached hydrogen (secondary N) is 2. The van der Waals surface area contributed by atoms with Gasteiger partial charge < -0.3 is 15.5 Å². The van der Waals surface area contributed by atoms with Crippen LogP contribution in [0.4, 0.5) is 16.2 Å². The average Bonchev–Trinajstić information content (AvgIpc) is 2.83. The summed E-state index contributed by atoms with van der Waals surface area (Å²) in [6, 6.07) is 14.1. The van der Waals surface area contributed by atoms with E-state index in [1.165, 1.54) is 11.0 Å². The molecule has 2 heterocycles. The summed E-state index contributed by atoms with van der Waals surface area (Å²) < 4.78 is 45.6. The molecule has 0 radical (unpaired) electrons. The van der Waals surface area contributed by atoms with Crippen LogP contribution >= 0.6 is 31.9 Å². The Labute approximate surface area is 235 Å². The van der Waals surface area contributed by atoms with Crippen molar-refractivity contribution >= 4 is 75.0 Å². The van der Waals surface area contributed by atoms with Crippen molar-refractivity contribution in [1.82, 2.24) is 10.2 Å². The average molecular weight is 682 g/mol. The van der Waals surface area contributed by atoms with E-state index in [1.807, 2.05) is 24.3 Å². The Balaban J connectivity index is 0.000000305. The fourth-order valence-electron chi connectivity index (χ4n) is 2.90. The lowest BCUT2D eigenvalue weighted by atomic mass is 10.3. The summed E-state index contributed by atoms with van der Waals surface area (Å²) in [7, 11) is -5.60. The van der Waals surface area contributed by atoms with Crippen molar-refractivity contribution in [1.29, 1.82) is 0 Å². The summed E-state index contributed by atoms with van der Waals surface area (Å²) in [5.41, 5.74) is 1.31. The van der Waals surface area contributed by atoms with Crippen LogP contribution in [0, 0.1) is 0 Å². The second kappa shape index (κ2) is 16.0. The Morgan fingerprint density at radius 2 is 1.30 bits per heavy atom. The van der Waals surface area contributed by atoms with E-state index in [4.69, 9.17) is 0 Å². The third kappa shape index (κ3) is 13.3. The Kier molecular flexibility index (Phi) is 14.2. The second-order valence-electron chi connectivity index (χ2n) is 7.66. The molecule has 2 amide bonds. The molecule has 0 bridgehead atoms. The number of hydrogen-bond donors (Lipinski definition) is 2. The first kappa shape index (κ1) is 32.9. The number of amides is 2. The number of aliphatic imine (C=N–C) groups is 1. The van der Waals surface area contributed by atoms with E-state index < -0.39 is 19.7 Å². The lowest BCUT2D eigenvalue weighted by molar-refractivity contribution is 0.216. The van der Waals surface area contributed by atoms with Crippen LogP contribution in [0.5, 0.6) is 0 Å². The predicted molar refractivity (Wildman–Crippen MR) is 154 cm³/mol. The number of halogens is 2. The minimum atomic E-state index is -2.96. The van der Waals surface area contributed by atoms with Crippen molar-refractivity contribution in [3.8, 4) is 0 Å². The van der Waals surface area contributed by atoms with Gasteiger partial charge in [-0.1, -0.05) is 39.3 Å². The molecular weight excluding hydrogens is 652 g/mol. The largest absolute Gasteiger partial charge is 0.322 e. The zero-order valence-corrected chi connectivity index (χ0v) is 24.0. The number of anilines is 1. The standard InChI is InChI=1S/C11H13BrN2O3S.C7H4BrNO.C4H9NO2S.CH4/c12-9-1-3-10(4-2-9)13-11(15)14-5-7-18(16,17)8-6-14;8-6-1-3-7(4-2-6)9-5-10;6-8(7)3-1-5-2-4-8;/h1-4H,5-8H2,(H,13,15);1-4H;5H,1-4H2;1H4. The highest BCUT2D eigenvalue weighted by molar-refractivity contribution is 9.10. The number of sulfone groups is 2. The van der Waals surface area contributed by atoms with E-state index in [0.717, 1.165) is 8.95 Å². The summed E-state index contributed by atoms with van der Waals surface area (Å²) in [5.74, 6) is 0.710. The van der Waals surface area contributed by atoms with Gasteiger partial charge in [-0.05, 0) is 48.5 Å². The number of rotatable bonds is 2. The Morgan fingerprint density at radius 1 is 0.838 bits per heavy atom. The van der Waals surface area contributed by atoms with Gasteiger partial charge in [0.1, 0.15) is 0 Å². The van der Waals surface area contributed by atoms with Crippen molar-refractivity contribution in [2.45, 2.75) is 7.43 Å². The maximum Gasteiger partial charge on any atom is 0.321 e. The van der Waals surface area contributed by atoms with Gasteiger partial charge in [0, 0.05) is 40.8 Å². The monoisotopic (exact) mass is 680 g/mol. The molecule has 0 saturated carbocycles. The number of nitrogens with zero attached hydrogens (tertiary/aromatic N) is 2. The van der Waals surface area contributed by atoms with Gasteiger partial charge in [0.15, 0.2) is 19.7 Å². The molecule has 204 valence electrons. The molecule has 10 nitrogen and oxygen atoms in total. The molecule has 14 heteroatoms. The molecule has 2 aliphatic heterocycles. The molecule has 4 rings (SSSR count). The normalized spacial score (nSPS) is 17.2. The van der Waals surface area contributed by atoms with Crippen LogP contribution in [0.3, 0.4) is 0 Å². The molecule has 2 fully saturated rings. The van der Waals surface area contributed by atoms with Crippen LogP contribution in [-0.2, 0) is 24.5 Å². The minimum absolute atomic E-state index is 0. The molecule has 2 aromatic rings. The molecule has 0 unspecified atom stereocenters. The third-order valence-electron chi connectivity index (χ3n) is 4.91. The Hall–Kier alpha value is -2.09. The molecule has 0 aliphatic carbocycles. The first-order valence-corrected chi connectivity index (χ1v) is 16.0. The van der Waals surface area contributed by atoms with Gasteiger partial charge in [-0.2, -0.15) is 4.99 Å². The van der Waals surface area contributed by atoms with Gasteiger partial charge in [-0.3, -0.25) is 0 Å². The summed E-state index contributed by atoms with van der Waals surface area (Å²) in [4.78, 5) is 26.6. The predicted octanol–water partition coefficient (Wildman–Crippen LogP) is 3.77. The Bertz CT molecular complexity index is 1240. The van der Waals surface area contributed by atoms with Crippen molar-refractivity contribution in [3.05, 3.63) is 57.5 Å². The summed E-state index contributed by atoms with van der Waals surface area (Å²) in [6.45, 7) is 1.76. The first-order chi connectivity index (χ1) is 17.0. The van der Waals surface area contributed by atoms with Crippen LogP contribution in [0.1, 0.15) is 7.43 Å². The highest BCUT2D eigenvalue weighted by atomic mass is 79.9. The van der Waals surface area contributed by atoms with Gasteiger partial charge >= 0.3 is 6.03 Å². The highest BCUT2D eigenvalue weighted by Gasteiger charge is 2.24. The maximum absolute atomic E-state index is 11.9. The van der Waals surface area contributed by atoms with Gasteiger partial charge in [0.25, 0.3) is 0 Å². The van der Waals surface area contributed by atoms with Gasteiger partial charge in [-0.15, -0.1) is 0 Å². The van der Waals surface area contributed by atoms with Crippen LogP contribution < -0.4 is 10.6 Å². The van der Waals surface area contributed by atoms with Crippen LogP contribution in [0.25, 0.3) is 0 Å². The van der Waals surface area contributed by atoms with E-state index in [1.54, 1.807) is 24.3 Å². The number of carbonyl (C=O) groups excluding carboxylic acids is 2. The van der Waals surface area contributed by atoms with E-state index >= 15 is 0 Å². The molecule has 2 N–H and O–H groups in total. The molecule has 2 aliphatic rings. The maximum atomic E-state index is 11.9. The number of carbonyl (C=O) groups is 1. The lowest BCUT2D eigenvalue weighted by Gasteiger charge is -2.26. The Morgan fingerprint density at radius 3 is 1.73 bits per heavy atom. The molecule has 2 aromatic carbocycles. The van der Waals surface area contributed by atoms with E-state index in [-0.39, 0.29) is 38.1 Å². The fourth-order valence-corrected chi connectivity index (χ4v) is 5.75. The van der Waals surface area contributed by atoms with E-state index in [9.17, 15) is 26.4 Å². The van der Waals surface area contributed by atoms with Crippen molar-refractivity contribution < 1.29 is 26.4 Å². The smallest absolute Gasteiger partial charge is 0.321 e. The van der Waals surface area contributed by atoms with Crippen molar-refractivity contribution in [2.75, 3.05) is 54.5 Å². The number of hydrogen-bond acceptors (Lipinski definition) is 8. The molecule has 2 saturated heterocycles. The van der Waals surface area contributed by atoms with Crippen molar-refractivity contribution in [2.24, 2.45) is 4.99 Å². The van der Waals surface area contributed by atoms with Crippen molar-refractivity contribution in [3.63, 3.8) is 0 Å². The minimum Gasteiger partial charge on any atom is -0.322 e. The fraction of sp³-hybridized carbons (Fsp3) is 0.391.